The van der Waals surface area contributed by atoms with Crippen molar-refractivity contribution in [2.75, 3.05) is 6.54 Å². The van der Waals surface area contributed by atoms with Crippen LogP contribution in [-0.2, 0) is 22.6 Å². The van der Waals surface area contributed by atoms with E-state index in [1.807, 2.05) is 16.0 Å². The number of aromatic amines is 1. The molecule has 2 aromatic rings. The number of fused-ring (bicyclic) bond motifs is 3. The van der Waals surface area contributed by atoms with Gasteiger partial charge in [-0.25, -0.2) is 0 Å². The molecule has 31 heavy (non-hydrogen) atoms. The van der Waals surface area contributed by atoms with Gasteiger partial charge in [0.1, 0.15) is 0 Å². The number of rotatable bonds is 3. The van der Waals surface area contributed by atoms with Crippen molar-refractivity contribution in [3.05, 3.63) is 41.6 Å². The molecule has 5 heterocycles. The van der Waals surface area contributed by atoms with E-state index in [9.17, 15) is 9.59 Å². The van der Waals surface area contributed by atoms with Crippen LogP contribution < -0.4 is 0 Å². The topological polar surface area (TPSA) is 120 Å². The van der Waals surface area contributed by atoms with Gasteiger partial charge in [0.15, 0.2) is 5.76 Å². The minimum Gasteiger partial charge on any atom is -0.481 e. The zero-order chi connectivity index (χ0) is 22.2. The lowest BCUT2D eigenvalue weighted by Crippen LogP contribution is -2.52. The summed E-state index contributed by atoms with van der Waals surface area (Å²) in [6, 6.07) is 3.54. The number of carboxylic acids is 1. The summed E-state index contributed by atoms with van der Waals surface area (Å²) in [6.45, 7) is 4.48. The minimum atomic E-state index is -0.833. The molecule has 0 aromatic carbocycles. The third-order valence-corrected chi connectivity index (χ3v) is 6.85. The highest BCUT2D eigenvalue weighted by Crippen LogP contribution is 2.53. The van der Waals surface area contributed by atoms with Gasteiger partial charge in [0.05, 0.1) is 17.9 Å². The molecule has 9 heteroatoms. The van der Waals surface area contributed by atoms with Crippen LogP contribution in [0.25, 0.3) is 0 Å². The maximum atomic E-state index is 13.7. The average Bonchev–Trinajstić information content (AvgIpc) is 3.55. The second kappa shape index (κ2) is 8.20. The molecule has 2 aromatic heterocycles. The number of hydrogen-bond donors (Lipinski definition) is 2. The number of hydrogen-bond acceptors (Lipinski definition) is 5. The highest BCUT2D eigenvalue weighted by molar-refractivity contribution is 5.94. The van der Waals surface area contributed by atoms with Crippen molar-refractivity contribution in [1.29, 1.82) is 0 Å². The number of furan rings is 1. The lowest BCUT2D eigenvalue weighted by molar-refractivity contribution is -0.145. The first-order valence-corrected chi connectivity index (χ1v) is 10.7. The number of carboxylic acid groups (broad SMARTS) is 1. The third kappa shape index (κ3) is 3.62. The molecule has 2 N–H and O–H groups in total. The summed E-state index contributed by atoms with van der Waals surface area (Å²) in [6.07, 6.45) is 7.53. The van der Waals surface area contributed by atoms with Crippen LogP contribution in [0.4, 0.5) is 0 Å². The number of nitrogens with one attached hydrogen (secondary N) is 1. The van der Waals surface area contributed by atoms with Gasteiger partial charge in [0, 0.05) is 49.8 Å². The van der Waals surface area contributed by atoms with E-state index in [0.29, 0.717) is 18.8 Å². The van der Waals surface area contributed by atoms with E-state index in [1.165, 1.54) is 6.26 Å². The van der Waals surface area contributed by atoms with Crippen LogP contribution in [0.3, 0.4) is 0 Å². The van der Waals surface area contributed by atoms with Gasteiger partial charge in [-0.15, -0.1) is 0 Å². The highest BCUT2D eigenvalue weighted by Gasteiger charge is 2.61. The van der Waals surface area contributed by atoms with Gasteiger partial charge in [-0.1, -0.05) is 6.92 Å². The van der Waals surface area contributed by atoms with Crippen molar-refractivity contribution in [3.8, 4) is 0 Å². The number of amides is 2. The van der Waals surface area contributed by atoms with Gasteiger partial charge >= 0.3 is 0 Å². The van der Waals surface area contributed by atoms with E-state index in [-0.39, 0.29) is 23.9 Å². The second-order valence-corrected chi connectivity index (χ2v) is 8.52. The molecule has 3 aliphatic heterocycles. The smallest absolute Gasteiger partial charge is 0.300 e. The average molecular weight is 428 g/mol. The molecule has 2 saturated heterocycles. The molecule has 3 aliphatic rings. The van der Waals surface area contributed by atoms with Gasteiger partial charge < -0.3 is 19.3 Å². The Morgan fingerprint density at radius 2 is 2.13 bits per heavy atom. The van der Waals surface area contributed by atoms with Crippen LogP contribution in [0.1, 0.15) is 61.3 Å². The van der Waals surface area contributed by atoms with E-state index in [4.69, 9.17) is 14.3 Å². The van der Waals surface area contributed by atoms with Crippen molar-refractivity contribution in [3.63, 3.8) is 0 Å². The van der Waals surface area contributed by atoms with Gasteiger partial charge in [-0.3, -0.25) is 19.5 Å². The van der Waals surface area contributed by atoms with Crippen LogP contribution in [0, 0.1) is 5.41 Å². The number of nitrogens with zero attached hydrogens (tertiary/aromatic N) is 3. The van der Waals surface area contributed by atoms with Crippen LogP contribution in [0.15, 0.2) is 29.0 Å². The molecule has 2 amide bonds. The first-order valence-electron chi connectivity index (χ1n) is 10.7. The molecule has 0 spiro atoms. The van der Waals surface area contributed by atoms with Gasteiger partial charge in [0.25, 0.3) is 11.9 Å². The van der Waals surface area contributed by atoms with Gasteiger partial charge in [-0.05, 0) is 37.8 Å². The molecule has 0 unspecified atom stereocenters. The summed E-state index contributed by atoms with van der Waals surface area (Å²) in [4.78, 5) is 39.6. The standard InChI is InChI=1S/C20H24N4O3.C2H4O2/c1-2-20(19(26)23-8-7-15-13(12-23)11-21-22-15)10-14-5-6-17(20)24(14)18(25)16-4-3-9-27-16;1-2(3)4/h3-4,9,11,14,17H,2,5-8,10,12H2,1H3,(H,21,22);1H3,(H,3,4)/t14-,17+,20+;/m0./s1. The van der Waals surface area contributed by atoms with E-state index < -0.39 is 11.4 Å². The molecule has 3 atom stereocenters. The number of aromatic nitrogens is 2. The van der Waals surface area contributed by atoms with Crippen LogP contribution in [0.5, 0.6) is 0 Å². The largest absolute Gasteiger partial charge is 0.481 e. The highest BCUT2D eigenvalue weighted by atomic mass is 16.4. The van der Waals surface area contributed by atoms with E-state index >= 15 is 0 Å². The van der Waals surface area contributed by atoms with Crippen molar-refractivity contribution in [1.82, 2.24) is 20.0 Å². The Labute approximate surface area is 180 Å². The molecule has 0 aliphatic carbocycles. The fourth-order valence-electron chi connectivity index (χ4n) is 5.49. The summed E-state index contributed by atoms with van der Waals surface area (Å²) in [5.41, 5.74) is 1.76. The normalized spacial score (nSPS) is 26.3. The van der Waals surface area contributed by atoms with Gasteiger partial charge in [0.2, 0.25) is 5.91 Å². The first kappa shape index (κ1) is 21.1. The molecular weight excluding hydrogens is 400 g/mol. The predicted molar refractivity (Wildman–Crippen MR) is 110 cm³/mol. The second-order valence-electron chi connectivity index (χ2n) is 8.52. The Morgan fingerprint density at radius 1 is 1.35 bits per heavy atom. The quantitative estimate of drug-likeness (QED) is 0.775. The third-order valence-electron chi connectivity index (χ3n) is 6.85. The number of H-pyrrole nitrogens is 1. The Kier molecular flexibility index (Phi) is 5.60. The van der Waals surface area contributed by atoms with E-state index in [2.05, 4.69) is 17.1 Å². The fourth-order valence-corrected chi connectivity index (χ4v) is 5.49. The van der Waals surface area contributed by atoms with Crippen molar-refractivity contribution in [2.45, 2.75) is 64.6 Å². The van der Waals surface area contributed by atoms with Crippen molar-refractivity contribution in [2.24, 2.45) is 5.41 Å². The van der Waals surface area contributed by atoms with Crippen molar-refractivity contribution >= 4 is 17.8 Å². The molecule has 166 valence electrons. The summed E-state index contributed by atoms with van der Waals surface area (Å²) in [7, 11) is 0. The monoisotopic (exact) mass is 428 g/mol. The molecular formula is C22H28N4O5. The molecule has 5 rings (SSSR count). The molecule has 2 fully saturated rings. The Hall–Kier alpha value is -3.10. The summed E-state index contributed by atoms with van der Waals surface area (Å²) < 4.78 is 5.34. The molecule has 2 bridgehead atoms. The van der Waals surface area contributed by atoms with E-state index in [0.717, 1.165) is 50.3 Å². The number of aliphatic carboxylic acids is 1. The van der Waals surface area contributed by atoms with Crippen molar-refractivity contribution < 1.29 is 23.9 Å². The number of carbonyl (C=O) groups is 3. The van der Waals surface area contributed by atoms with Crippen LogP contribution >= 0.6 is 0 Å². The SMILES string of the molecule is CC(=O)O.CC[C@@]1(C(=O)N2CCc3[nH]ncc3C2)C[C@@H]2CC[C@H]1N2C(=O)c1ccco1. The van der Waals surface area contributed by atoms with Gasteiger partial charge in [-0.2, -0.15) is 5.10 Å². The zero-order valence-electron chi connectivity index (χ0n) is 17.8. The van der Waals surface area contributed by atoms with Crippen LogP contribution in [-0.4, -0.2) is 61.5 Å². The Morgan fingerprint density at radius 3 is 2.81 bits per heavy atom. The lowest BCUT2D eigenvalue weighted by Gasteiger charge is -2.40. The van der Waals surface area contributed by atoms with E-state index in [1.54, 1.807) is 12.1 Å². The lowest BCUT2D eigenvalue weighted by atomic mass is 9.70. The molecule has 9 nitrogen and oxygen atoms in total. The number of carbonyl (C=O) groups excluding carboxylic acids is 2. The maximum absolute atomic E-state index is 13.7. The minimum absolute atomic E-state index is 0.0386. The summed E-state index contributed by atoms with van der Waals surface area (Å²) in [5.74, 6) is -0.347. The molecule has 0 saturated carbocycles. The Bertz CT molecular complexity index is 964. The Balaban J connectivity index is 0.000000535. The summed E-state index contributed by atoms with van der Waals surface area (Å²) >= 11 is 0. The fraction of sp³-hybridized carbons (Fsp3) is 0.545. The zero-order valence-corrected chi connectivity index (χ0v) is 17.8. The summed E-state index contributed by atoms with van der Waals surface area (Å²) in [5, 5.41) is 14.5. The molecule has 0 radical (unpaired) electrons. The van der Waals surface area contributed by atoms with Crippen LogP contribution in [0.2, 0.25) is 0 Å². The maximum Gasteiger partial charge on any atom is 0.300 e. The predicted octanol–water partition coefficient (Wildman–Crippen LogP) is 2.45. The first-order chi connectivity index (χ1) is 14.9.